The Morgan fingerprint density at radius 1 is 1.07 bits per heavy atom. The van der Waals surface area contributed by atoms with E-state index in [1.54, 1.807) is 12.1 Å². The van der Waals surface area contributed by atoms with Gasteiger partial charge in [0.15, 0.2) is 0 Å². The minimum absolute atomic E-state index is 0.270. The summed E-state index contributed by atoms with van der Waals surface area (Å²) >= 11 is 0. The molecule has 0 fully saturated rings. The molecule has 0 spiro atoms. The highest BCUT2D eigenvalue weighted by molar-refractivity contribution is 5.43. The summed E-state index contributed by atoms with van der Waals surface area (Å²) in [6.45, 7) is 0.609. The molecular weight excluding hydrogens is 189 g/mol. The maximum Gasteiger partial charge on any atom is 0.146 e. The minimum atomic E-state index is -0.270. The van der Waals surface area contributed by atoms with Crippen LogP contribution in [-0.2, 0) is 6.54 Å². The Bertz CT molecular complexity index is 426. The van der Waals surface area contributed by atoms with Gasteiger partial charge in [-0.25, -0.2) is 4.39 Å². The minimum Gasteiger partial charge on any atom is -0.378 e. The van der Waals surface area contributed by atoms with Crippen LogP contribution in [0.3, 0.4) is 0 Å². The van der Waals surface area contributed by atoms with E-state index in [1.165, 1.54) is 6.07 Å². The fraction of sp³-hybridized carbons (Fsp3) is 0.0769. The summed E-state index contributed by atoms with van der Waals surface area (Å²) < 4.78 is 13.2. The zero-order valence-electron chi connectivity index (χ0n) is 8.20. The molecule has 2 aromatic rings. The number of halogens is 1. The maximum absolute atomic E-state index is 13.2. The van der Waals surface area contributed by atoms with Crippen LogP contribution in [-0.4, -0.2) is 0 Å². The fourth-order valence-electron chi connectivity index (χ4n) is 1.34. The average molecular weight is 200 g/mol. The molecule has 0 heterocycles. The number of benzene rings is 2. The summed E-state index contributed by atoms with van der Waals surface area (Å²) in [5.41, 5.74) is 1.54. The molecule has 0 unspecified atom stereocenters. The lowest BCUT2D eigenvalue weighted by Gasteiger charge is -2.06. The molecule has 1 nitrogen and oxygen atoms in total. The van der Waals surface area contributed by atoms with E-state index in [-0.39, 0.29) is 5.82 Å². The number of anilines is 1. The van der Waals surface area contributed by atoms with Crippen molar-refractivity contribution in [1.82, 2.24) is 0 Å². The van der Waals surface area contributed by atoms with Gasteiger partial charge in [0.25, 0.3) is 0 Å². The van der Waals surface area contributed by atoms with E-state index < -0.39 is 0 Å². The smallest absolute Gasteiger partial charge is 0.146 e. The molecule has 0 aliphatic heterocycles. The molecule has 2 aromatic carbocycles. The molecule has 15 heavy (non-hydrogen) atoms. The van der Waals surface area contributed by atoms with Crippen molar-refractivity contribution in [2.45, 2.75) is 6.54 Å². The van der Waals surface area contributed by atoms with E-state index in [0.717, 1.165) is 5.56 Å². The maximum atomic E-state index is 13.2. The third-order valence-electron chi connectivity index (χ3n) is 2.12. The first-order valence-corrected chi connectivity index (χ1v) is 4.80. The Hall–Kier alpha value is -1.83. The summed E-state index contributed by atoms with van der Waals surface area (Å²) in [5, 5.41) is 3.00. The quantitative estimate of drug-likeness (QED) is 0.802. The SMILES string of the molecule is Fc1ccc[c]c1NCc1ccccc1. The number of hydrogen-bond donors (Lipinski definition) is 1. The van der Waals surface area contributed by atoms with Gasteiger partial charge in [-0.05, 0) is 11.6 Å². The van der Waals surface area contributed by atoms with Crippen molar-refractivity contribution in [1.29, 1.82) is 0 Å². The van der Waals surface area contributed by atoms with Gasteiger partial charge in [-0.1, -0.05) is 42.5 Å². The van der Waals surface area contributed by atoms with Crippen molar-refractivity contribution in [3.05, 3.63) is 66.0 Å². The van der Waals surface area contributed by atoms with Crippen LogP contribution < -0.4 is 5.32 Å². The van der Waals surface area contributed by atoms with Crippen LogP contribution in [0.2, 0.25) is 0 Å². The molecule has 0 saturated carbocycles. The lowest BCUT2D eigenvalue weighted by Crippen LogP contribution is -2.00. The molecule has 0 saturated heterocycles. The molecule has 0 amide bonds. The van der Waals surface area contributed by atoms with Crippen LogP contribution in [0.4, 0.5) is 10.1 Å². The largest absolute Gasteiger partial charge is 0.378 e. The third kappa shape index (κ3) is 2.56. The lowest BCUT2D eigenvalue weighted by molar-refractivity contribution is 0.630. The second-order valence-corrected chi connectivity index (χ2v) is 3.23. The first-order valence-electron chi connectivity index (χ1n) is 4.80. The molecule has 2 heteroatoms. The first-order chi connectivity index (χ1) is 7.36. The normalized spacial score (nSPS) is 9.93. The van der Waals surface area contributed by atoms with Gasteiger partial charge in [0.1, 0.15) is 5.82 Å². The van der Waals surface area contributed by atoms with E-state index in [0.29, 0.717) is 12.2 Å². The van der Waals surface area contributed by atoms with E-state index in [4.69, 9.17) is 0 Å². The molecule has 0 aromatic heterocycles. The lowest BCUT2D eigenvalue weighted by atomic mass is 10.2. The van der Waals surface area contributed by atoms with Gasteiger partial charge in [-0.15, -0.1) is 0 Å². The van der Waals surface area contributed by atoms with Crippen LogP contribution >= 0.6 is 0 Å². The number of hydrogen-bond acceptors (Lipinski definition) is 1. The highest BCUT2D eigenvalue weighted by atomic mass is 19.1. The molecular formula is C13H11FN. The summed E-state index contributed by atoms with van der Waals surface area (Å²) in [6, 6.07) is 17.4. The van der Waals surface area contributed by atoms with Crippen LogP contribution in [0, 0.1) is 11.9 Å². The molecule has 0 aliphatic rings. The van der Waals surface area contributed by atoms with Crippen molar-refractivity contribution >= 4 is 5.69 Å². The molecule has 0 atom stereocenters. The van der Waals surface area contributed by atoms with Crippen LogP contribution in [0.15, 0.2) is 48.5 Å². The average Bonchev–Trinajstić information content (AvgIpc) is 2.29. The third-order valence-corrected chi connectivity index (χ3v) is 2.12. The molecule has 0 bridgehead atoms. The van der Waals surface area contributed by atoms with Gasteiger partial charge in [-0.3, -0.25) is 0 Å². The molecule has 2 rings (SSSR count). The van der Waals surface area contributed by atoms with Crippen LogP contribution in [0.25, 0.3) is 0 Å². The van der Waals surface area contributed by atoms with Crippen LogP contribution in [0.5, 0.6) is 0 Å². The van der Waals surface area contributed by atoms with Crippen molar-refractivity contribution in [2.24, 2.45) is 0 Å². The van der Waals surface area contributed by atoms with Crippen molar-refractivity contribution in [3.63, 3.8) is 0 Å². The zero-order chi connectivity index (χ0) is 10.5. The summed E-state index contributed by atoms with van der Waals surface area (Å²) in [7, 11) is 0. The topological polar surface area (TPSA) is 12.0 Å². The molecule has 1 radical (unpaired) electrons. The summed E-state index contributed by atoms with van der Waals surface area (Å²) in [4.78, 5) is 0. The van der Waals surface area contributed by atoms with Gasteiger partial charge in [0.2, 0.25) is 0 Å². The van der Waals surface area contributed by atoms with Crippen molar-refractivity contribution in [3.8, 4) is 0 Å². The standard InChI is InChI=1S/C13H11FN/c14-12-8-4-5-9-13(12)15-10-11-6-2-1-3-7-11/h1-8,15H,10H2. The Kier molecular flexibility index (Phi) is 2.98. The number of para-hydroxylation sites is 1. The van der Waals surface area contributed by atoms with Gasteiger partial charge in [-0.2, -0.15) is 0 Å². The van der Waals surface area contributed by atoms with Crippen molar-refractivity contribution < 1.29 is 4.39 Å². The zero-order valence-corrected chi connectivity index (χ0v) is 8.20. The summed E-state index contributed by atoms with van der Waals surface area (Å²) in [6.07, 6.45) is 0. The predicted octanol–water partition coefficient (Wildman–Crippen LogP) is 3.24. The van der Waals surface area contributed by atoms with Gasteiger partial charge >= 0.3 is 0 Å². The monoisotopic (exact) mass is 200 g/mol. The van der Waals surface area contributed by atoms with Crippen LogP contribution in [0.1, 0.15) is 5.56 Å². The Balaban J connectivity index is 2.03. The summed E-state index contributed by atoms with van der Waals surface area (Å²) in [5.74, 6) is -0.270. The van der Waals surface area contributed by atoms with E-state index >= 15 is 0 Å². The number of nitrogens with one attached hydrogen (secondary N) is 1. The van der Waals surface area contributed by atoms with Gasteiger partial charge < -0.3 is 5.32 Å². The Labute approximate surface area is 88.6 Å². The second-order valence-electron chi connectivity index (χ2n) is 3.23. The Morgan fingerprint density at radius 2 is 1.87 bits per heavy atom. The van der Waals surface area contributed by atoms with Crippen molar-refractivity contribution in [2.75, 3.05) is 5.32 Å². The fourth-order valence-corrected chi connectivity index (χ4v) is 1.34. The van der Waals surface area contributed by atoms with E-state index in [1.807, 2.05) is 30.3 Å². The Morgan fingerprint density at radius 3 is 2.60 bits per heavy atom. The highest BCUT2D eigenvalue weighted by Crippen LogP contribution is 2.12. The number of rotatable bonds is 3. The molecule has 1 N–H and O–H groups in total. The highest BCUT2D eigenvalue weighted by Gasteiger charge is 1.99. The van der Waals surface area contributed by atoms with Gasteiger partial charge in [0.05, 0.1) is 5.69 Å². The van der Waals surface area contributed by atoms with E-state index in [2.05, 4.69) is 11.4 Å². The molecule has 0 aliphatic carbocycles. The molecule has 75 valence electrons. The van der Waals surface area contributed by atoms with Gasteiger partial charge in [0, 0.05) is 12.6 Å². The predicted molar refractivity (Wildman–Crippen MR) is 59.0 cm³/mol. The van der Waals surface area contributed by atoms with E-state index in [9.17, 15) is 4.39 Å². The first kappa shape index (κ1) is 9.71. The second kappa shape index (κ2) is 4.60.